The lowest BCUT2D eigenvalue weighted by atomic mass is 10.0. The molecule has 0 heterocycles. The highest BCUT2D eigenvalue weighted by atomic mass is 16.2. The van der Waals surface area contributed by atoms with E-state index in [1.807, 2.05) is 13.0 Å². The van der Waals surface area contributed by atoms with Crippen molar-refractivity contribution < 1.29 is 14.7 Å². The lowest BCUT2D eigenvalue weighted by Gasteiger charge is -2.18. The van der Waals surface area contributed by atoms with Crippen LogP contribution in [0, 0.1) is 18.8 Å². The molecule has 0 unspecified atom stereocenters. The molecular weight excluding hydrogens is 268 g/mol. The average molecular weight is 288 g/mol. The zero-order valence-corrected chi connectivity index (χ0v) is 12.6. The fraction of sp³-hybridized carbons (Fsp3) is 0.375. The first-order chi connectivity index (χ1) is 9.99. The van der Waals surface area contributed by atoms with Gasteiger partial charge in [0.05, 0.1) is 5.56 Å². The number of aryl methyl sites for hydroxylation is 1. The third-order valence-electron chi connectivity index (χ3n) is 3.01. The molecule has 112 valence electrons. The number of rotatable bonds is 4. The second-order valence-electron chi connectivity index (χ2n) is 4.66. The Hall–Kier alpha value is -2.32. The maximum atomic E-state index is 12.4. The number of carbonyl (C=O) groups excluding carboxylic acids is 2. The van der Waals surface area contributed by atoms with Crippen LogP contribution in [0.25, 0.3) is 0 Å². The van der Waals surface area contributed by atoms with Crippen molar-refractivity contribution in [3.63, 3.8) is 0 Å². The van der Waals surface area contributed by atoms with Gasteiger partial charge in [0.25, 0.3) is 5.91 Å². The molecule has 1 aromatic rings. The monoisotopic (exact) mass is 288 g/mol. The van der Waals surface area contributed by atoms with Gasteiger partial charge in [-0.3, -0.25) is 9.59 Å². The number of carbonyl (C=O) groups is 2. The molecule has 21 heavy (non-hydrogen) atoms. The molecule has 1 aromatic carbocycles. The van der Waals surface area contributed by atoms with Crippen LogP contribution in [0.1, 0.15) is 27.9 Å². The van der Waals surface area contributed by atoms with Gasteiger partial charge in [-0.2, -0.15) is 0 Å². The molecule has 0 bridgehead atoms. The number of aliphatic hydroxyl groups is 1. The van der Waals surface area contributed by atoms with E-state index >= 15 is 0 Å². The van der Waals surface area contributed by atoms with E-state index in [0.717, 1.165) is 5.56 Å². The van der Waals surface area contributed by atoms with Gasteiger partial charge in [0.1, 0.15) is 6.61 Å². The highest BCUT2D eigenvalue weighted by Gasteiger charge is 2.16. The molecule has 0 saturated heterocycles. The standard InChI is InChI=1S/C16H20N2O3/c1-12-6-7-13(5-4-10-19)14(11-12)16(21)18(3)9-8-15(20)17-2/h6-7,11,19H,8-10H2,1-3H3,(H,17,20). The summed E-state index contributed by atoms with van der Waals surface area (Å²) < 4.78 is 0. The van der Waals surface area contributed by atoms with Gasteiger partial charge >= 0.3 is 0 Å². The molecule has 2 N–H and O–H groups in total. The van der Waals surface area contributed by atoms with Crippen molar-refractivity contribution in [1.29, 1.82) is 0 Å². The van der Waals surface area contributed by atoms with Crippen LogP contribution in [0.3, 0.4) is 0 Å². The van der Waals surface area contributed by atoms with Crippen LogP contribution in [0.2, 0.25) is 0 Å². The van der Waals surface area contributed by atoms with Crippen molar-refractivity contribution in [2.75, 3.05) is 27.2 Å². The predicted octanol–water partition coefficient (Wildman–Crippen LogP) is 0.547. The van der Waals surface area contributed by atoms with E-state index < -0.39 is 0 Å². The minimum Gasteiger partial charge on any atom is -0.384 e. The highest BCUT2D eigenvalue weighted by molar-refractivity contribution is 5.97. The van der Waals surface area contributed by atoms with Gasteiger partial charge in [-0.25, -0.2) is 0 Å². The van der Waals surface area contributed by atoms with Gasteiger partial charge in [0, 0.05) is 32.6 Å². The minimum atomic E-state index is -0.256. The number of benzene rings is 1. The Kier molecular flexibility index (Phi) is 6.44. The van der Waals surface area contributed by atoms with Crippen LogP contribution in [0.5, 0.6) is 0 Å². The van der Waals surface area contributed by atoms with Gasteiger partial charge in [0.2, 0.25) is 5.91 Å². The summed E-state index contributed by atoms with van der Waals surface area (Å²) in [5.41, 5.74) is 2.01. The maximum absolute atomic E-state index is 12.4. The molecule has 0 radical (unpaired) electrons. The van der Waals surface area contributed by atoms with Crippen molar-refractivity contribution in [2.24, 2.45) is 0 Å². The Balaban J connectivity index is 2.94. The summed E-state index contributed by atoms with van der Waals surface area (Å²) in [6, 6.07) is 5.39. The molecule has 0 spiro atoms. The van der Waals surface area contributed by atoms with Gasteiger partial charge in [-0.1, -0.05) is 23.5 Å². The quantitative estimate of drug-likeness (QED) is 0.795. The summed E-state index contributed by atoms with van der Waals surface area (Å²) in [6.07, 6.45) is 0.252. The van der Waals surface area contributed by atoms with Crippen molar-refractivity contribution in [3.8, 4) is 11.8 Å². The topological polar surface area (TPSA) is 69.6 Å². The fourth-order valence-electron chi connectivity index (χ4n) is 1.78. The molecule has 0 fully saturated rings. The molecule has 0 saturated carbocycles. The number of nitrogens with zero attached hydrogens (tertiary/aromatic N) is 1. The van der Waals surface area contributed by atoms with Crippen molar-refractivity contribution >= 4 is 11.8 Å². The normalized spacial score (nSPS) is 9.52. The molecule has 1 rings (SSSR count). The highest BCUT2D eigenvalue weighted by Crippen LogP contribution is 2.13. The summed E-state index contributed by atoms with van der Waals surface area (Å²) in [5.74, 6) is 5.02. The molecule has 2 amide bonds. The van der Waals surface area contributed by atoms with E-state index in [1.165, 1.54) is 4.90 Å². The van der Waals surface area contributed by atoms with Crippen LogP contribution in [-0.4, -0.2) is 49.1 Å². The summed E-state index contributed by atoms with van der Waals surface area (Å²) in [7, 11) is 3.21. The third kappa shape index (κ3) is 4.93. The van der Waals surface area contributed by atoms with E-state index in [9.17, 15) is 9.59 Å². The van der Waals surface area contributed by atoms with Gasteiger partial charge in [-0.05, 0) is 19.1 Å². The van der Waals surface area contributed by atoms with Crippen LogP contribution in [0.15, 0.2) is 18.2 Å². The molecule has 0 aliphatic carbocycles. The van der Waals surface area contributed by atoms with Crippen LogP contribution in [0.4, 0.5) is 0 Å². The van der Waals surface area contributed by atoms with Gasteiger partial charge in [0.15, 0.2) is 0 Å². The van der Waals surface area contributed by atoms with Gasteiger partial charge in [-0.15, -0.1) is 0 Å². The van der Waals surface area contributed by atoms with Crippen molar-refractivity contribution in [2.45, 2.75) is 13.3 Å². The van der Waals surface area contributed by atoms with Crippen molar-refractivity contribution in [3.05, 3.63) is 34.9 Å². The SMILES string of the molecule is CNC(=O)CCN(C)C(=O)c1cc(C)ccc1C#CCO. The smallest absolute Gasteiger partial charge is 0.254 e. The zero-order chi connectivity index (χ0) is 15.8. The Morgan fingerprint density at radius 3 is 2.71 bits per heavy atom. The first-order valence-electron chi connectivity index (χ1n) is 6.66. The lowest BCUT2D eigenvalue weighted by Crippen LogP contribution is -2.31. The first kappa shape index (κ1) is 16.7. The molecule has 0 aliphatic heterocycles. The summed E-state index contributed by atoms with van der Waals surface area (Å²) in [6.45, 7) is 1.97. The minimum absolute atomic E-state index is 0.112. The molecule has 0 aromatic heterocycles. The predicted molar refractivity (Wildman–Crippen MR) is 80.8 cm³/mol. The van der Waals surface area contributed by atoms with E-state index in [4.69, 9.17) is 5.11 Å². The first-order valence-corrected chi connectivity index (χ1v) is 6.66. The number of nitrogens with one attached hydrogen (secondary N) is 1. The Morgan fingerprint density at radius 2 is 2.10 bits per heavy atom. The third-order valence-corrected chi connectivity index (χ3v) is 3.01. The number of amides is 2. The van der Waals surface area contributed by atoms with Crippen molar-refractivity contribution in [1.82, 2.24) is 10.2 Å². The van der Waals surface area contributed by atoms with Gasteiger partial charge < -0.3 is 15.3 Å². The summed E-state index contributed by atoms with van der Waals surface area (Å²) >= 11 is 0. The molecule has 5 nitrogen and oxygen atoms in total. The van der Waals surface area contributed by atoms with Crippen LogP contribution < -0.4 is 5.32 Å². The largest absolute Gasteiger partial charge is 0.384 e. The Bertz CT molecular complexity index is 585. The summed E-state index contributed by atoms with van der Waals surface area (Å²) in [5, 5.41) is 11.3. The second-order valence-corrected chi connectivity index (χ2v) is 4.66. The zero-order valence-electron chi connectivity index (χ0n) is 12.6. The Labute approximate surface area is 125 Å². The van der Waals surface area contributed by atoms with Crippen LogP contribution >= 0.6 is 0 Å². The van der Waals surface area contributed by atoms with E-state index in [1.54, 1.807) is 26.2 Å². The van der Waals surface area contributed by atoms with E-state index in [2.05, 4.69) is 17.2 Å². The van der Waals surface area contributed by atoms with Crippen LogP contribution in [-0.2, 0) is 4.79 Å². The number of aliphatic hydroxyl groups excluding tert-OH is 1. The maximum Gasteiger partial charge on any atom is 0.254 e. The number of hydrogen-bond donors (Lipinski definition) is 2. The number of hydrogen-bond acceptors (Lipinski definition) is 3. The molecule has 0 aliphatic rings. The summed E-state index contributed by atoms with van der Waals surface area (Å²) in [4.78, 5) is 25.2. The molecular formula is C16H20N2O3. The fourth-order valence-corrected chi connectivity index (χ4v) is 1.78. The van der Waals surface area contributed by atoms with E-state index in [0.29, 0.717) is 17.7 Å². The molecule has 0 atom stereocenters. The second kappa shape index (κ2) is 8.08. The average Bonchev–Trinajstić information content (AvgIpc) is 2.50. The Morgan fingerprint density at radius 1 is 1.38 bits per heavy atom. The lowest BCUT2D eigenvalue weighted by molar-refractivity contribution is -0.120. The van der Waals surface area contributed by atoms with E-state index in [-0.39, 0.29) is 24.8 Å². The molecule has 5 heteroatoms.